The van der Waals surface area contributed by atoms with Crippen molar-refractivity contribution in [3.8, 4) is 0 Å². The molecule has 12 heteroatoms. The molecule has 50 heavy (non-hydrogen) atoms. The number of carbonyl (C=O) groups excluding carboxylic acids is 3. The first-order valence-electron chi connectivity index (χ1n) is 17.5. The molecule has 266 valence electrons. The van der Waals surface area contributed by atoms with Crippen molar-refractivity contribution in [2.24, 2.45) is 0 Å². The third-order valence-corrected chi connectivity index (χ3v) is 10.1. The summed E-state index contributed by atoms with van der Waals surface area (Å²) in [5.41, 5.74) is 5.48. The molecule has 3 fully saturated rings. The van der Waals surface area contributed by atoms with Crippen LogP contribution >= 0.6 is 0 Å². The Morgan fingerprint density at radius 1 is 0.860 bits per heavy atom. The van der Waals surface area contributed by atoms with Crippen LogP contribution in [0.1, 0.15) is 80.5 Å². The second-order valence-electron chi connectivity index (χ2n) is 13.4. The van der Waals surface area contributed by atoms with Gasteiger partial charge in [0.25, 0.3) is 0 Å². The number of nitrogens with zero attached hydrogens (tertiary/aromatic N) is 2. The minimum atomic E-state index is -0.623. The molecule has 5 N–H and O–H groups in total. The van der Waals surface area contributed by atoms with E-state index in [0.717, 1.165) is 48.3 Å². The number of aliphatic hydroxyl groups excluding tert-OH is 1. The Bertz CT molecular complexity index is 1580. The predicted octanol–water partition coefficient (Wildman–Crippen LogP) is 4.55. The Hall–Kier alpha value is -4.33. The number of nitrogens with one attached hydrogen (secondary N) is 3. The number of hydroxylamine groups is 1. The number of piperidine rings is 1. The number of ether oxygens (including phenoxy) is 2. The normalized spacial score (nSPS) is 21.9. The van der Waals surface area contributed by atoms with Gasteiger partial charge in [0.1, 0.15) is 5.54 Å². The zero-order valence-electron chi connectivity index (χ0n) is 28.3. The second-order valence-corrected chi connectivity index (χ2v) is 13.4. The third-order valence-electron chi connectivity index (χ3n) is 10.1. The molecule has 1 spiro atoms. The number of hydrogen-bond donors (Lipinski definition) is 5. The zero-order chi connectivity index (χ0) is 34.9. The number of unbranched alkanes of at least 4 members (excludes halogenated alkanes) is 2. The van der Waals surface area contributed by atoms with Crippen LogP contribution in [0.3, 0.4) is 0 Å². The number of para-hydroxylation sites is 1. The lowest BCUT2D eigenvalue weighted by atomic mass is 9.85. The predicted molar refractivity (Wildman–Crippen MR) is 187 cm³/mol. The summed E-state index contributed by atoms with van der Waals surface area (Å²) in [7, 11) is 0. The minimum absolute atomic E-state index is 0.0252. The zero-order valence-corrected chi connectivity index (χ0v) is 28.3. The maximum Gasteiger partial charge on any atom is 0.247 e. The van der Waals surface area contributed by atoms with Crippen molar-refractivity contribution >= 4 is 29.1 Å². The number of carbonyl (C=O) groups is 3. The lowest BCUT2D eigenvalue weighted by Crippen LogP contribution is -2.57. The van der Waals surface area contributed by atoms with Gasteiger partial charge in [-0.3, -0.25) is 19.6 Å². The van der Waals surface area contributed by atoms with Crippen LogP contribution in [0.25, 0.3) is 0 Å². The molecule has 12 nitrogen and oxygen atoms in total. The van der Waals surface area contributed by atoms with Crippen LogP contribution < -0.4 is 21.0 Å². The Kier molecular flexibility index (Phi) is 11.8. The van der Waals surface area contributed by atoms with E-state index in [0.29, 0.717) is 51.0 Å². The number of likely N-dealkylation sites (tertiary alicyclic amines) is 1. The number of benzene rings is 3. The molecule has 3 unspecified atom stereocenters. The molecule has 0 saturated carbocycles. The van der Waals surface area contributed by atoms with Gasteiger partial charge >= 0.3 is 0 Å². The van der Waals surface area contributed by atoms with Gasteiger partial charge in [0.15, 0.2) is 6.29 Å². The largest absolute Gasteiger partial charge is 0.392 e. The standard InChI is InChI=1S/C38H47N5O7/c44-25-27-11-13-28(14-12-27)33-23-32(24-42-21-19-38(20-22-42)37(47)39-26-43(38)31-7-3-1-4-8-31)49-36(50-33)29-15-17-30(18-16-29)40-34(45)9-5-2-6-10-35(46)41-48/h1,3-4,7-8,11-18,32-33,36,44,48H,2,5-6,9-10,19-26H2,(H,39,47)(H,40,45)(H,41,46). The molecule has 3 aromatic rings. The van der Waals surface area contributed by atoms with Crippen LogP contribution in [-0.2, 0) is 30.5 Å². The van der Waals surface area contributed by atoms with E-state index in [9.17, 15) is 19.5 Å². The molecular formula is C38H47N5O7. The highest BCUT2D eigenvalue weighted by Crippen LogP contribution is 2.40. The number of aliphatic hydroxyl groups is 1. The van der Waals surface area contributed by atoms with E-state index in [1.54, 1.807) is 5.48 Å². The fourth-order valence-corrected chi connectivity index (χ4v) is 7.21. The molecule has 6 rings (SSSR count). The van der Waals surface area contributed by atoms with Crippen molar-refractivity contribution in [1.29, 1.82) is 0 Å². The minimum Gasteiger partial charge on any atom is -0.392 e. The van der Waals surface area contributed by atoms with Crippen molar-refractivity contribution in [1.82, 2.24) is 15.7 Å². The lowest BCUT2D eigenvalue weighted by Gasteiger charge is -2.45. The van der Waals surface area contributed by atoms with Crippen molar-refractivity contribution in [3.05, 3.63) is 95.6 Å². The summed E-state index contributed by atoms with van der Waals surface area (Å²) < 4.78 is 13.1. The Balaban J connectivity index is 1.08. The third kappa shape index (κ3) is 8.51. The molecular weight excluding hydrogens is 638 g/mol. The molecule has 3 aliphatic rings. The van der Waals surface area contributed by atoms with Crippen molar-refractivity contribution in [3.63, 3.8) is 0 Å². The number of amides is 3. The summed E-state index contributed by atoms with van der Waals surface area (Å²) in [6.07, 6.45) is 3.65. The molecule has 3 aliphatic heterocycles. The molecule has 3 atom stereocenters. The molecule has 0 aliphatic carbocycles. The van der Waals surface area contributed by atoms with Gasteiger partial charge in [-0.2, -0.15) is 0 Å². The summed E-state index contributed by atoms with van der Waals surface area (Å²) in [5, 5.41) is 24.2. The van der Waals surface area contributed by atoms with Gasteiger partial charge in [-0.25, -0.2) is 5.48 Å². The van der Waals surface area contributed by atoms with Gasteiger partial charge in [-0.15, -0.1) is 0 Å². The summed E-state index contributed by atoms with van der Waals surface area (Å²) in [6.45, 7) is 2.73. The second kappa shape index (κ2) is 16.6. The maximum atomic E-state index is 13.2. The Labute approximate surface area is 292 Å². The average Bonchev–Trinajstić information content (AvgIpc) is 3.47. The van der Waals surface area contributed by atoms with E-state index in [-0.39, 0.29) is 37.0 Å². The Morgan fingerprint density at radius 3 is 2.22 bits per heavy atom. The highest BCUT2D eigenvalue weighted by atomic mass is 16.7. The fourth-order valence-electron chi connectivity index (χ4n) is 7.21. The first-order valence-corrected chi connectivity index (χ1v) is 17.5. The average molecular weight is 686 g/mol. The number of hydrogen-bond acceptors (Lipinski definition) is 9. The van der Waals surface area contributed by atoms with Crippen LogP contribution in [0.4, 0.5) is 11.4 Å². The highest BCUT2D eigenvalue weighted by Gasteiger charge is 2.50. The lowest BCUT2D eigenvalue weighted by molar-refractivity contribution is -0.253. The first kappa shape index (κ1) is 35.5. The van der Waals surface area contributed by atoms with Gasteiger partial charge < -0.3 is 35.0 Å². The van der Waals surface area contributed by atoms with Crippen LogP contribution in [0.2, 0.25) is 0 Å². The fraction of sp³-hybridized carbons (Fsp3) is 0.447. The van der Waals surface area contributed by atoms with E-state index in [2.05, 4.69) is 32.6 Å². The smallest absolute Gasteiger partial charge is 0.247 e. The van der Waals surface area contributed by atoms with E-state index in [1.165, 1.54) is 0 Å². The van der Waals surface area contributed by atoms with Gasteiger partial charge in [-0.1, -0.05) is 61.0 Å². The molecule has 3 saturated heterocycles. The van der Waals surface area contributed by atoms with Gasteiger partial charge in [0.2, 0.25) is 17.7 Å². The van der Waals surface area contributed by atoms with Crippen LogP contribution in [0, 0.1) is 0 Å². The summed E-state index contributed by atoms with van der Waals surface area (Å²) >= 11 is 0. The van der Waals surface area contributed by atoms with Gasteiger partial charge in [0, 0.05) is 55.8 Å². The van der Waals surface area contributed by atoms with E-state index in [4.69, 9.17) is 14.7 Å². The molecule has 3 amide bonds. The Morgan fingerprint density at radius 2 is 1.54 bits per heavy atom. The van der Waals surface area contributed by atoms with E-state index < -0.39 is 17.7 Å². The highest BCUT2D eigenvalue weighted by molar-refractivity contribution is 5.93. The molecule has 3 aromatic carbocycles. The monoisotopic (exact) mass is 685 g/mol. The van der Waals surface area contributed by atoms with E-state index >= 15 is 0 Å². The molecule has 0 radical (unpaired) electrons. The van der Waals surface area contributed by atoms with Crippen LogP contribution in [-0.4, -0.2) is 70.9 Å². The van der Waals surface area contributed by atoms with Crippen molar-refractivity contribution in [2.45, 2.75) is 82.0 Å². The van der Waals surface area contributed by atoms with E-state index in [1.807, 2.05) is 66.7 Å². The maximum absolute atomic E-state index is 13.2. The van der Waals surface area contributed by atoms with Crippen LogP contribution in [0.15, 0.2) is 78.9 Å². The van der Waals surface area contributed by atoms with Crippen molar-refractivity contribution in [2.75, 3.05) is 36.5 Å². The SMILES string of the molecule is O=C(CCCCCC(=O)Nc1ccc(C2OC(CN3CCC4(CC3)C(=O)NCN4c3ccccc3)CC(c3ccc(CO)cc3)O2)cc1)NO. The summed E-state index contributed by atoms with van der Waals surface area (Å²) in [5.74, 6) is -0.433. The quantitative estimate of drug-likeness (QED) is 0.0992. The van der Waals surface area contributed by atoms with Gasteiger partial charge in [-0.05, 0) is 61.1 Å². The summed E-state index contributed by atoms with van der Waals surface area (Å²) in [6, 6.07) is 25.4. The van der Waals surface area contributed by atoms with Gasteiger partial charge in [0.05, 0.1) is 25.5 Å². The van der Waals surface area contributed by atoms with Crippen molar-refractivity contribution < 1.29 is 34.2 Å². The summed E-state index contributed by atoms with van der Waals surface area (Å²) in [4.78, 5) is 41.4. The molecule has 0 aromatic heterocycles. The van der Waals surface area contributed by atoms with Crippen LogP contribution in [0.5, 0.6) is 0 Å². The first-order chi connectivity index (χ1) is 24.4. The molecule has 3 heterocycles. The number of rotatable bonds is 13. The topological polar surface area (TPSA) is 153 Å². The number of anilines is 2. The molecule has 0 bridgehead atoms.